The second-order valence-electron chi connectivity index (χ2n) is 5.32. The molecule has 0 atom stereocenters. The molecule has 0 bridgehead atoms. The van der Waals surface area contributed by atoms with Gasteiger partial charge >= 0.3 is 6.03 Å². The van der Waals surface area contributed by atoms with E-state index in [0.29, 0.717) is 47.7 Å². The molecule has 0 saturated carbocycles. The van der Waals surface area contributed by atoms with Crippen LogP contribution in [-0.4, -0.2) is 47.9 Å². The summed E-state index contributed by atoms with van der Waals surface area (Å²) >= 11 is 11.8. The first-order valence-corrected chi connectivity index (χ1v) is 8.14. The predicted octanol–water partition coefficient (Wildman–Crippen LogP) is 3.58. The average molecular weight is 368 g/mol. The third kappa shape index (κ3) is 3.66. The summed E-state index contributed by atoms with van der Waals surface area (Å²) in [5, 5.41) is 3.58. The van der Waals surface area contributed by atoms with Gasteiger partial charge in [-0.25, -0.2) is 4.79 Å². The van der Waals surface area contributed by atoms with Crippen molar-refractivity contribution in [2.45, 2.75) is 0 Å². The number of rotatable bonds is 2. The molecule has 1 aromatic heterocycles. The maximum atomic E-state index is 12.3. The molecule has 6 nitrogen and oxygen atoms in total. The van der Waals surface area contributed by atoms with Crippen LogP contribution in [0.3, 0.4) is 0 Å². The van der Waals surface area contributed by atoms with Crippen molar-refractivity contribution in [3.8, 4) is 0 Å². The van der Waals surface area contributed by atoms with E-state index in [1.54, 1.807) is 40.1 Å². The number of nitrogens with zero attached hydrogens (tertiary/aromatic N) is 2. The highest BCUT2D eigenvalue weighted by molar-refractivity contribution is 6.42. The smallest absolute Gasteiger partial charge is 0.321 e. The molecule has 24 heavy (non-hydrogen) atoms. The molecule has 1 aromatic carbocycles. The van der Waals surface area contributed by atoms with Gasteiger partial charge in [-0.05, 0) is 30.3 Å². The zero-order valence-corrected chi connectivity index (χ0v) is 14.2. The molecule has 126 valence electrons. The fraction of sp³-hybridized carbons (Fsp3) is 0.250. The molecule has 1 saturated heterocycles. The summed E-state index contributed by atoms with van der Waals surface area (Å²) in [5.41, 5.74) is 0.573. The van der Waals surface area contributed by atoms with Gasteiger partial charge in [0.15, 0.2) is 5.76 Å². The number of amides is 3. The molecule has 0 unspecified atom stereocenters. The fourth-order valence-corrected chi connectivity index (χ4v) is 2.74. The Balaban J connectivity index is 1.55. The Labute approximate surface area is 148 Å². The zero-order valence-electron chi connectivity index (χ0n) is 12.7. The molecule has 1 aliphatic heterocycles. The first kappa shape index (κ1) is 16.7. The quantitative estimate of drug-likeness (QED) is 0.881. The van der Waals surface area contributed by atoms with Crippen molar-refractivity contribution in [2.24, 2.45) is 0 Å². The van der Waals surface area contributed by atoms with Crippen molar-refractivity contribution in [3.05, 3.63) is 52.4 Å². The highest BCUT2D eigenvalue weighted by Crippen LogP contribution is 2.25. The van der Waals surface area contributed by atoms with Crippen LogP contribution in [0.2, 0.25) is 10.0 Å². The van der Waals surface area contributed by atoms with E-state index in [1.807, 2.05) is 0 Å². The minimum atomic E-state index is -0.238. The van der Waals surface area contributed by atoms with Gasteiger partial charge in [-0.2, -0.15) is 0 Å². The van der Waals surface area contributed by atoms with Crippen LogP contribution in [0, 0.1) is 0 Å². The van der Waals surface area contributed by atoms with Gasteiger partial charge < -0.3 is 19.5 Å². The summed E-state index contributed by atoms with van der Waals surface area (Å²) < 4.78 is 5.12. The summed E-state index contributed by atoms with van der Waals surface area (Å²) in [6.45, 7) is 1.79. The molecule has 8 heteroatoms. The number of piperazine rings is 1. The van der Waals surface area contributed by atoms with E-state index < -0.39 is 0 Å². The lowest BCUT2D eigenvalue weighted by atomic mass is 10.3. The molecule has 0 aliphatic carbocycles. The van der Waals surface area contributed by atoms with Gasteiger partial charge in [0.25, 0.3) is 5.91 Å². The van der Waals surface area contributed by atoms with Gasteiger partial charge in [-0.15, -0.1) is 0 Å². The average Bonchev–Trinajstić information content (AvgIpc) is 3.12. The molecule has 1 fully saturated rings. The maximum absolute atomic E-state index is 12.3. The second-order valence-corrected chi connectivity index (χ2v) is 6.13. The number of hydrogen-bond donors (Lipinski definition) is 1. The largest absolute Gasteiger partial charge is 0.459 e. The molecule has 1 N–H and O–H groups in total. The maximum Gasteiger partial charge on any atom is 0.321 e. The van der Waals surface area contributed by atoms with Gasteiger partial charge in [-0.3, -0.25) is 4.79 Å². The molecule has 3 amide bonds. The van der Waals surface area contributed by atoms with E-state index in [9.17, 15) is 9.59 Å². The standard InChI is InChI=1S/C16H15Cl2N3O3/c17-12-4-3-11(10-13(12)18)19-16(23)21-7-5-20(6-8-21)15(22)14-2-1-9-24-14/h1-4,9-10H,5-8H2,(H,19,23). The topological polar surface area (TPSA) is 65.8 Å². The van der Waals surface area contributed by atoms with E-state index in [0.717, 1.165) is 0 Å². The highest BCUT2D eigenvalue weighted by atomic mass is 35.5. The van der Waals surface area contributed by atoms with Crippen LogP contribution in [0.4, 0.5) is 10.5 Å². The number of carbonyl (C=O) groups is 2. The molecule has 0 spiro atoms. The summed E-state index contributed by atoms with van der Waals surface area (Å²) in [7, 11) is 0. The van der Waals surface area contributed by atoms with Crippen LogP contribution in [0.5, 0.6) is 0 Å². The van der Waals surface area contributed by atoms with Gasteiger partial charge in [0.05, 0.1) is 16.3 Å². The van der Waals surface area contributed by atoms with E-state index in [-0.39, 0.29) is 11.9 Å². The van der Waals surface area contributed by atoms with E-state index in [4.69, 9.17) is 27.6 Å². The molecular formula is C16H15Cl2N3O3. The third-order valence-corrected chi connectivity index (χ3v) is 4.50. The number of furan rings is 1. The van der Waals surface area contributed by atoms with Crippen molar-refractivity contribution in [2.75, 3.05) is 31.5 Å². The molecule has 2 aromatic rings. The van der Waals surface area contributed by atoms with Crippen molar-refractivity contribution < 1.29 is 14.0 Å². The SMILES string of the molecule is O=C(Nc1ccc(Cl)c(Cl)c1)N1CCN(C(=O)c2ccco2)CC1. The van der Waals surface area contributed by atoms with Crippen LogP contribution < -0.4 is 5.32 Å². The van der Waals surface area contributed by atoms with Crippen molar-refractivity contribution in [1.29, 1.82) is 0 Å². The van der Waals surface area contributed by atoms with E-state index in [2.05, 4.69) is 5.32 Å². The lowest BCUT2D eigenvalue weighted by molar-refractivity contribution is 0.0640. The number of halogens is 2. The molecule has 1 aliphatic rings. The Bertz CT molecular complexity index is 741. The molecule has 0 radical (unpaired) electrons. The molecular weight excluding hydrogens is 353 g/mol. The van der Waals surface area contributed by atoms with Gasteiger partial charge in [0.1, 0.15) is 0 Å². The number of carbonyl (C=O) groups excluding carboxylic acids is 2. The Morgan fingerprint density at radius 2 is 1.71 bits per heavy atom. The minimum absolute atomic E-state index is 0.162. The summed E-state index contributed by atoms with van der Waals surface area (Å²) in [4.78, 5) is 27.8. The Hall–Kier alpha value is -2.18. The van der Waals surface area contributed by atoms with Gasteiger partial charge in [-0.1, -0.05) is 23.2 Å². The number of nitrogens with one attached hydrogen (secondary N) is 1. The highest BCUT2D eigenvalue weighted by Gasteiger charge is 2.26. The third-order valence-electron chi connectivity index (χ3n) is 3.76. The number of benzene rings is 1. The van der Waals surface area contributed by atoms with E-state index >= 15 is 0 Å². The normalized spacial score (nSPS) is 14.6. The summed E-state index contributed by atoms with van der Waals surface area (Å²) in [6.07, 6.45) is 1.47. The first-order valence-electron chi connectivity index (χ1n) is 7.38. The Kier molecular flexibility index (Phi) is 4.97. The van der Waals surface area contributed by atoms with Crippen LogP contribution in [0.1, 0.15) is 10.6 Å². The first-order chi connectivity index (χ1) is 11.5. The summed E-state index contributed by atoms with van der Waals surface area (Å²) in [5.74, 6) is 0.147. The van der Waals surface area contributed by atoms with Crippen LogP contribution in [0.15, 0.2) is 41.0 Å². The Morgan fingerprint density at radius 1 is 1.00 bits per heavy atom. The van der Waals surface area contributed by atoms with Crippen LogP contribution >= 0.6 is 23.2 Å². The minimum Gasteiger partial charge on any atom is -0.459 e. The zero-order chi connectivity index (χ0) is 17.1. The van der Waals surface area contributed by atoms with Crippen LogP contribution in [-0.2, 0) is 0 Å². The lowest BCUT2D eigenvalue weighted by Gasteiger charge is -2.34. The molecule has 3 rings (SSSR count). The predicted molar refractivity (Wildman–Crippen MR) is 91.7 cm³/mol. The second kappa shape index (κ2) is 7.15. The van der Waals surface area contributed by atoms with Crippen molar-refractivity contribution in [3.63, 3.8) is 0 Å². The van der Waals surface area contributed by atoms with Crippen molar-refractivity contribution >= 4 is 40.8 Å². The number of anilines is 1. The number of urea groups is 1. The lowest BCUT2D eigenvalue weighted by Crippen LogP contribution is -2.51. The van der Waals surface area contributed by atoms with E-state index in [1.165, 1.54) is 6.26 Å². The monoisotopic (exact) mass is 367 g/mol. The number of hydrogen-bond acceptors (Lipinski definition) is 3. The van der Waals surface area contributed by atoms with Crippen LogP contribution in [0.25, 0.3) is 0 Å². The van der Waals surface area contributed by atoms with Crippen molar-refractivity contribution in [1.82, 2.24) is 9.80 Å². The summed E-state index contributed by atoms with van der Waals surface area (Å²) in [6, 6.07) is 7.97. The van der Waals surface area contributed by atoms with Gasteiger partial charge in [0, 0.05) is 31.9 Å². The van der Waals surface area contributed by atoms with Gasteiger partial charge in [0.2, 0.25) is 0 Å². The Morgan fingerprint density at radius 3 is 2.33 bits per heavy atom. The fourth-order valence-electron chi connectivity index (χ4n) is 2.45. The molecule has 2 heterocycles.